The van der Waals surface area contributed by atoms with Crippen molar-refractivity contribution < 1.29 is 4.92 Å². The first kappa shape index (κ1) is 16.6. The Morgan fingerprint density at radius 2 is 1.78 bits per heavy atom. The van der Waals surface area contributed by atoms with Gasteiger partial charge in [-0.25, -0.2) is 9.97 Å². The number of hydrogen-bond donors (Lipinski definition) is 1. The van der Waals surface area contributed by atoms with Gasteiger partial charge in [-0.05, 0) is 23.8 Å². The van der Waals surface area contributed by atoms with Crippen molar-refractivity contribution in [2.45, 2.75) is 6.54 Å². The zero-order chi connectivity index (χ0) is 18.6. The van der Waals surface area contributed by atoms with E-state index in [1.165, 1.54) is 12.1 Å². The summed E-state index contributed by atoms with van der Waals surface area (Å²) in [5, 5.41) is 15.0. The van der Waals surface area contributed by atoms with Crippen LogP contribution in [0.2, 0.25) is 0 Å². The van der Waals surface area contributed by atoms with E-state index >= 15 is 0 Å². The molecule has 0 fully saturated rings. The molecular formula is C20H15N5O2. The van der Waals surface area contributed by atoms with Crippen LogP contribution in [0.15, 0.2) is 72.9 Å². The van der Waals surface area contributed by atoms with Crippen LogP contribution in [0.3, 0.4) is 0 Å². The number of rotatable bonds is 5. The molecule has 2 aromatic heterocycles. The minimum absolute atomic E-state index is 0.000512. The van der Waals surface area contributed by atoms with Crippen molar-refractivity contribution in [2.24, 2.45) is 0 Å². The van der Waals surface area contributed by atoms with E-state index in [1.807, 2.05) is 48.5 Å². The molecule has 4 aromatic rings. The van der Waals surface area contributed by atoms with Crippen molar-refractivity contribution in [3.8, 4) is 11.5 Å². The van der Waals surface area contributed by atoms with E-state index in [2.05, 4.69) is 20.3 Å². The molecule has 2 heterocycles. The van der Waals surface area contributed by atoms with E-state index in [-0.39, 0.29) is 5.69 Å². The molecule has 27 heavy (non-hydrogen) atoms. The van der Waals surface area contributed by atoms with Gasteiger partial charge in [-0.2, -0.15) is 0 Å². The van der Waals surface area contributed by atoms with Crippen LogP contribution in [0.1, 0.15) is 5.56 Å². The third kappa shape index (κ3) is 3.57. The van der Waals surface area contributed by atoms with Gasteiger partial charge < -0.3 is 5.32 Å². The summed E-state index contributed by atoms with van der Waals surface area (Å²) in [6.07, 6.45) is 1.68. The average molecular weight is 357 g/mol. The predicted octanol–water partition coefficient (Wildman–Crippen LogP) is 4.21. The molecule has 7 nitrogen and oxygen atoms in total. The molecule has 7 heteroatoms. The maximum Gasteiger partial charge on any atom is 0.270 e. The molecule has 0 saturated heterocycles. The van der Waals surface area contributed by atoms with Gasteiger partial charge in [0.15, 0.2) is 5.82 Å². The Hall–Kier alpha value is -3.87. The Bertz CT molecular complexity index is 1100. The molecule has 0 aliphatic rings. The van der Waals surface area contributed by atoms with Crippen molar-refractivity contribution >= 4 is 22.4 Å². The summed E-state index contributed by atoms with van der Waals surface area (Å²) in [7, 11) is 0. The van der Waals surface area contributed by atoms with Crippen molar-refractivity contribution in [3.05, 3.63) is 88.6 Å². The highest BCUT2D eigenvalue weighted by molar-refractivity contribution is 5.92. The van der Waals surface area contributed by atoms with Crippen LogP contribution >= 0.6 is 0 Å². The SMILES string of the molecule is O=[N+]([O-])c1ccc2nc(-c3ccccn3)nc(NCc3ccccc3)c2c1. The molecule has 0 atom stereocenters. The summed E-state index contributed by atoms with van der Waals surface area (Å²) in [6, 6.07) is 19.9. The lowest BCUT2D eigenvalue weighted by Crippen LogP contribution is -2.05. The highest BCUT2D eigenvalue weighted by Gasteiger charge is 2.14. The maximum absolute atomic E-state index is 11.2. The highest BCUT2D eigenvalue weighted by atomic mass is 16.6. The van der Waals surface area contributed by atoms with Gasteiger partial charge in [-0.1, -0.05) is 36.4 Å². The number of nitro benzene ring substituents is 1. The number of benzene rings is 2. The van der Waals surface area contributed by atoms with Crippen LogP contribution < -0.4 is 5.32 Å². The topological polar surface area (TPSA) is 93.8 Å². The maximum atomic E-state index is 11.2. The Kier molecular flexibility index (Phi) is 4.40. The Labute approximate surface area is 154 Å². The van der Waals surface area contributed by atoms with Crippen LogP contribution in [-0.2, 0) is 6.54 Å². The Morgan fingerprint density at radius 3 is 2.52 bits per heavy atom. The monoisotopic (exact) mass is 357 g/mol. The lowest BCUT2D eigenvalue weighted by atomic mass is 10.2. The molecule has 0 saturated carbocycles. The summed E-state index contributed by atoms with van der Waals surface area (Å²) in [5.41, 5.74) is 2.33. The molecule has 0 spiro atoms. The first-order valence-electron chi connectivity index (χ1n) is 8.36. The van der Waals surface area contributed by atoms with E-state index in [1.54, 1.807) is 12.3 Å². The predicted molar refractivity (Wildman–Crippen MR) is 103 cm³/mol. The summed E-state index contributed by atoms with van der Waals surface area (Å²) < 4.78 is 0. The fourth-order valence-corrected chi connectivity index (χ4v) is 2.76. The summed E-state index contributed by atoms with van der Waals surface area (Å²) in [6.45, 7) is 0.539. The molecule has 132 valence electrons. The van der Waals surface area contributed by atoms with Crippen molar-refractivity contribution in [1.82, 2.24) is 15.0 Å². The van der Waals surface area contributed by atoms with Crippen LogP contribution in [-0.4, -0.2) is 19.9 Å². The molecule has 0 unspecified atom stereocenters. The van der Waals surface area contributed by atoms with Gasteiger partial charge in [-0.3, -0.25) is 15.1 Å². The molecule has 4 rings (SSSR count). The number of hydrogen-bond acceptors (Lipinski definition) is 6. The normalized spacial score (nSPS) is 10.7. The van der Waals surface area contributed by atoms with Crippen molar-refractivity contribution in [3.63, 3.8) is 0 Å². The van der Waals surface area contributed by atoms with E-state index in [4.69, 9.17) is 0 Å². The Morgan fingerprint density at radius 1 is 0.963 bits per heavy atom. The van der Waals surface area contributed by atoms with Crippen LogP contribution in [0, 0.1) is 10.1 Å². The Balaban J connectivity index is 1.81. The number of nitro groups is 1. The van der Waals surface area contributed by atoms with Gasteiger partial charge in [0.25, 0.3) is 5.69 Å². The van der Waals surface area contributed by atoms with Crippen molar-refractivity contribution in [2.75, 3.05) is 5.32 Å². The second-order valence-corrected chi connectivity index (χ2v) is 5.91. The number of non-ortho nitro benzene ring substituents is 1. The number of fused-ring (bicyclic) bond motifs is 1. The molecule has 2 aromatic carbocycles. The van der Waals surface area contributed by atoms with Gasteiger partial charge in [0.1, 0.15) is 11.5 Å². The standard InChI is InChI=1S/C20H15N5O2/c26-25(27)15-9-10-17-16(12-15)19(22-13-14-6-2-1-3-7-14)24-20(23-17)18-8-4-5-11-21-18/h1-12H,13H2,(H,22,23,24). The van der Waals surface area contributed by atoms with Gasteiger partial charge in [0.05, 0.1) is 10.4 Å². The zero-order valence-electron chi connectivity index (χ0n) is 14.2. The molecular weight excluding hydrogens is 342 g/mol. The van der Waals surface area contributed by atoms with E-state index in [0.29, 0.717) is 34.8 Å². The molecule has 0 aliphatic carbocycles. The molecule has 0 aliphatic heterocycles. The quantitative estimate of drug-likeness (QED) is 0.425. The number of anilines is 1. The number of nitrogens with one attached hydrogen (secondary N) is 1. The van der Waals surface area contributed by atoms with Gasteiger partial charge in [-0.15, -0.1) is 0 Å². The van der Waals surface area contributed by atoms with Crippen LogP contribution in [0.25, 0.3) is 22.4 Å². The van der Waals surface area contributed by atoms with Gasteiger partial charge in [0, 0.05) is 30.3 Å². The fraction of sp³-hybridized carbons (Fsp3) is 0.0500. The second-order valence-electron chi connectivity index (χ2n) is 5.91. The molecule has 1 N–H and O–H groups in total. The van der Waals surface area contributed by atoms with Crippen molar-refractivity contribution in [1.29, 1.82) is 0 Å². The smallest absolute Gasteiger partial charge is 0.270 e. The summed E-state index contributed by atoms with van der Waals surface area (Å²) >= 11 is 0. The van der Waals surface area contributed by atoms with E-state index in [0.717, 1.165) is 5.56 Å². The minimum Gasteiger partial charge on any atom is -0.365 e. The average Bonchev–Trinajstić information content (AvgIpc) is 2.72. The zero-order valence-corrected chi connectivity index (χ0v) is 14.2. The summed E-state index contributed by atoms with van der Waals surface area (Å²) in [5.74, 6) is 1.00. The van der Waals surface area contributed by atoms with E-state index < -0.39 is 4.92 Å². The number of aromatic nitrogens is 3. The fourth-order valence-electron chi connectivity index (χ4n) is 2.76. The number of nitrogens with zero attached hydrogens (tertiary/aromatic N) is 4. The number of pyridine rings is 1. The third-order valence-corrected chi connectivity index (χ3v) is 4.09. The van der Waals surface area contributed by atoms with Crippen LogP contribution in [0.4, 0.5) is 11.5 Å². The van der Waals surface area contributed by atoms with Gasteiger partial charge >= 0.3 is 0 Å². The largest absolute Gasteiger partial charge is 0.365 e. The van der Waals surface area contributed by atoms with Gasteiger partial charge in [0.2, 0.25) is 0 Å². The lowest BCUT2D eigenvalue weighted by molar-refractivity contribution is -0.384. The second kappa shape index (κ2) is 7.17. The highest BCUT2D eigenvalue weighted by Crippen LogP contribution is 2.28. The lowest BCUT2D eigenvalue weighted by Gasteiger charge is -2.11. The molecule has 0 radical (unpaired) electrons. The summed E-state index contributed by atoms with van der Waals surface area (Å²) in [4.78, 5) is 24.1. The molecule has 0 amide bonds. The first-order chi connectivity index (χ1) is 13.2. The third-order valence-electron chi connectivity index (χ3n) is 4.09. The van der Waals surface area contributed by atoms with E-state index in [9.17, 15) is 10.1 Å². The molecule has 0 bridgehead atoms. The first-order valence-corrected chi connectivity index (χ1v) is 8.36. The van der Waals surface area contributed by atoms with Crippen LogP contribution in [0.5, 0.6) is 0 Å². The minimum atomic E-state index is -0.424.